The number of rotatable bonds is 8. The zero-order valence-corrected chi connectivity index (χ0v) is 14.6. The lowest BCUT2D eigenvalue weighted by Crippen LogP contribution is -2.27. The summed E-state index contributed by atoms with van der Waals surface area (Å²) in [5.41, 5.74) is 1.95. The van der Waals surface area contributed by atoms with E-state index in [1.54, 1.807) is 12.1 Å². The van der Waals surface area contributed by atoms with Crippen LogP contribution in [0.2, 0.25) is 0 Å². The van der Waals surface area contributed by atoms with Gasteiger partial charge in [-0.1, -0.05) is 57.0 Å². The highest BCUT2D eigenvalue weighted by molar-refractivity contribution is 5.42. The Balaban J connectivity index is 2.33. The van der Waals surface area contributed by atoms with Crippen molar-refractivity contribution in [2.24, 2.45) is 0 Å². The highest BCUT2D eigenvalue weighted by atomic mass is 16.3. The van der Waals surface area contributed by atoms with Gasteiger partial charge in [-0.05, 0) is 47.4 Å². The van der Waals surface area contributed by atoms with Gasteiger partial charge in [-0.3, -0.25) is 0 Å². The molecule has 0 spiro atoms. The largest absolute Gasteiger partial charge is 0.508 e. The molecule has 0 radical (unpaired) electrons. The number of phenols is 2. The quantitative estimate of drug-likeness (QED) is 0.615. The lowest BCUT2D eigenvalue weighted by Gasteiger charge is -2.36. The first-order valence-corrected chi connectivity index (χ1v) is 8.64. The Morgan fingerprint density at radius 1 is 0.875 bits per heavy atom. The summed E-state index contributed by atoms with van der Waals surface area (Å²) in [4.78, 5) is 0. The SMILES string of the molecule is CC(C)(c1cc(O)cc(O)c1)[C@@H](CCCCCO)c1ccccc1. The Hall–Kier alpha value is -2.00. The molecule has 0 saturated carbocycles. The smallest absolute Gasteiger partial charge is 0.119 e. The molecule has 0 saturated heterocycles. The van der Waals surface area contributed by atoms with E-state index in [2.05, 4.69) is 26.0 Å². The predicted molar refractivity (Wildman–Crippen MR) is 97.5 cm³/mol. The standard InChI is InChI=1S/C21H28O3/c1-21(2,17-13-18(23)15-19(24)14-17)20(11-7-4-8-12-22)16-9-5-3-6-10-16/h3,5-6,9-10,13-15,20,22-24H,4,7-8,11-12H2,1-2H3/t20-/m0/s1. The third-order valence-corrected chi connectivity index (χ3v) is 4.87. The van der Waals surface area contributed by atoms with E-state index in [9.17, 15) is 10.2 Å². The second-order valence-corrected chi connectivity index (χ2v) is 7.00. The highest BCUT2D eigenvalue weighted by Crippen LogP contribution is 2.43. The normalized spacial score (nSPS) is 13.0. The fraction of sp³-hybridized carbons (Fsp3) is 0.429. The van der Waals surface area contributed by atoms with Gasteiger partial charge < -0.3 is 15.3 Å². The summed E-state index contributed by atoms with van der Waals surface area (Å²) in [5.74, 6) is 0.439. The summed E-state index contributed by atoms with van der Waals surface area (Å²) in [5, 5.41) is 28.7. The van der Waals surface area contributed by atoms with Crippen LogP contribution in [-0.2, 0) is 5.41 Å². The summed E-state index contributed by atoms with van der Waals surface area (Å²) >= 11 is 0. The van der Waals surface area contributed by atoms with Crippen LogP contribution in [0.5, 0.6) is 11.5 Å². The molecule has 0 aliphatic rings. The minimum Gasteiger partial charge on any atom is -0.508 e. The average Bonchev–Trinajstić information content (AvgIpc) is 2.54. The maximum Gasteiger partial charge on any atom is 0.119 e. The molecule has 0 aromatic heterocycles. The van der Waals surface area contributed by atoms with E-state index >= 15 is 0 Å². The van der Waals surface area contributed by atoms with Gasteiger partial charge in [0.25, 0.3) is 0 Å². The van der Waals surface area contributed by atoms with Gasteiger partial charge in [0.05, 0.1) is 0 Å². The monoisotopic (exact) mass is 328 g/mol. The molecule has 3 heteroatoms. The summed E-state index contributed by atoms with van der Waals surface area (Å²) < 4.78 is 0. The first-order chi connectivity index (χ1) is 11.4. The molecule has 24 heavy (non-hydrogen) atoms. The Morgan fingerprint density at radius 2 is 1.50 bits per heavy atom. The van der Waals surface area contributed by atoms with Gasteiger partial charge in [0.1, 0.15) is 11.5 Å². The second-order valence-electron chi connectivity index (χ2n) is 7.00. The van der Waals surface area contributed by atoms with Crippen LogP contribution in [0.4, 0.5) is 0 Å². The number of benzene rings is 2. The summed E-state index contributed by atoms with van der Waals surface area (Å²) in [6, 6.07) is 15.2. The molecule has 3 N–H and O–H groups in total. The van der Waals surface area contributed by atoms with Crippen LogP contribution in [0.3, 0.4) is 0 Å². The van der Waals surface area contributed by atoms with E-state index in [4.69, 9.17) is 5.11 Å². The molecule has 130 valence electrons. The van der Waals surface area contributed by atoms with Gasteiger partial charge >= 0.3 is 0 Å². The van der Waals surface area contributed by atoms with Gasteiger partial charge in [-0.2, -0.15) is 0 Å². The van der Waals surface area contributed by atoms with Crippen molar-refractivity contribution in [1.29, 1.82) is 0 Å². The maximum atomic E-state index is 9.87. The van der Waals surface area contributed by atoms with Gasteiger partial charge in [0.2, 0.25) is 0 Å². The Kier molecular flexibility index (Phi) is 6.27. The lowest BCUT2D eigenvalue weighted by molar-refractivity contribution is 0.279. The van der Waals surface area contributed by atoms with Crippen molar-refractivity contribution >= 4 is 0 Å². The third kappa shape index (κ3) is 4.51. The number of unbranched alkanes of at least 4 members (excludes halogenated alkanes) is 2. The molecule has 2 aromatic rings. The van der Waals surface area contributed by atoms with Crippen LogP contribution in [0.1, 0.15) is 56.6 Å². The molecule has 2 rings (SSSR count). The van der Waals surface area contributed by atoms with Crippen molar-refractivity contribution in [1.82, 2.24) is 0 Å². The molecular weight excluding hydrogens is 300 g/mol. The first kappa shape index (κ1) is 18.3. The van der Waals surface area contributed by atoms with Crippen LogP contribution in [-0.4, -0.2) is 21.9 Å². The minimum absolute atomic E-state index is 0.0881. The molecule has 0 unspecified atom stereocenters. The Labute approximate surface area is 144 Å². The topological polar surface area (TPSA) is 60.7 Å². The average molecular weight is 328 g/mol. The maximum absolute atomic E-state index is 9.87. The molecule has 3 nitrogen and oxygen atoms in total. The van der Waals surface area contributed by atoms with E-state index in [1.807, 2.05) is 18.2 Å². The first-order valence-electron chi connectivity index (χ1n) is 8.64. The van der Waals surface area contributed by atoms with Crippen LogP contribution < -0.4 is 0 Å². The van der Waals surface area contributed by atoms with E-state index in [-0.39, 0.29) is 29.4 Å². The zero-order chi connectivity index (χ0) is 17.6. The van der Waals surface area contributed by atoms with Crippen molar-refractivity contribution in [2.75, 3.05) is 6.61 Å². The van der Waals surface area contributed by atoms with Gasteiger partial charge in [-0.25, -0.2) is 0 Å². The number of hydrogen-bond acceptors (Lipinski definition) is 3. The molecule has 0 aliphatic heterocycles. The van der Waals surface area contributed by atoms with E-state index < -0.39 is 0 Å². The number of aromatic hydroxyl groups is 2. The van der Waals surface area contributed by atoms with E-state index in [1.165, 1.54) is 11.6 Å². The van der Waals surface area contributed by atoms with Crippen molar-refractivity contribution in [2.45, 2.75) is 50.9 Å². The number of phenolic OH excluding ortho intramolecular Hbond substituents is 2. The van der Waals surface area contributed by atoms with Crippen molar-refractivity contribution in [3.8, 4) is 11.5 Å². The van der Waals surface area contributed by atoms with Crippen molar-refractivity contribution in [3.05, 3.63) is 59.7 Å². The second kappa shape index (κ2) is 8.20. The molecule has 1 atom stereocenters. The van der Waals surface area contributed by atoms with Crippen LogP contribution in [0.25, 0.3) is 0 Å². The molecule has 0 aliphatic carbocycles. The molecular formula is C21H28O3. The predicted octanol–water partition coefficient (Wildman–Crippen LogP) is 4.71. The molecule has 0 amide bonds. The zero-order valence-electron chi connectivity index (χ0n) is 14.6. The lowest BCUT2D eigenvalue weighted by atomic mass is 9.68. The van der Waals surface area contributed by atoms with E-state index in [0.29, 0.717) is 0 Å². The molecule has 2 aromatic carbocycles. The molecule has 0 heterocycles. The van der Waals surface area contributed by atoms with Crippen molar-refractivity contribution in [3.63, 3.8) is 0 Å². The number of aliphatic hydroxyl groups is 1. The van der Waals surface area contributed by atoms with Gasteiger partial charge in [0.15, 0.2) is 0 Å². The Morgan fingerprint density at radius 3 is 2.08 bits per heavy atom. The minimum atomic E-state index is -0.239. The van der Waals surface area contributed by atoms with Crippen LogP contribution >= 0.6 is 0 Å². The summed E-state index contributed by atoms with van der Waals surface area (Å²) in [6.45, 7) is 4.55. The van der Waals surface area contributed by atoms with Crippen LogP contribution in [0, 0.1) is 0 Å². The van der Waals surface area contributed by atoms with Gasteiger partial charge in [-0.15, -0.1) is 0 Å². The fourth-order valence-corrected chi connectivity index (χ4v) is 3.43. The molecule has 0 bridgehead atoms. The fourth-order valence-electron chi connectivity index (χ4n) is 3.43. The van der Waals surface area contributed by atoms with Crippen LogP contribution in [0.15, 0.2) is 48.5 Å². The highest BCUT2D eigenvalue weighted by Gasteiger charge is 2.32. The van der Waals surface area contributed by atoms with E-state index in [0.717, 1.165) is 31.2 Å². The Bertz CT molecular complexity index is 615. The molecule has 0 fully saturated rings. The summed E-state index contributed by atoms with van der Waals surface area (Å²) in [7, 11) is 0. The number of hydrogen-bond donors (Lipinski definition) is 3. The van der Waals surface area contributed by atoms with Crippen molar-refractivity contribution < 1.29 is 15.3 Å². The summed E-state index contributed by atoms with van der Waals surface area (Å²) in [6.07, 6.45) is 3.86. The third-order valence-electron chi connectivity index (χ3n) is 4.87. The number of aliphatic hydroxyl groups excluding tert-OH is 1. The van der Waals surface area contributed by atoms with Gasteiger partial charge in [0, 0.05) is 12.7 Å².